The standard InChI is InChI=1S/C7H13NO2S/c8-7(11)2-4-10-6-1-3-9-5-6/h6H,1-5H2,(H2,8,11). The van der Waals surface area contributed by atoms with Crippen LogP contribution in [-0.4, -0.2) is 30.9 Å². The van der Waals surface area contributed by atoms with E-state index in [0.717, 1.165) is 19.6 Å². The second-order valence-corrected chi connectivity index (χ2v) is 3.10. The first-order valence-corrected chi connectivity index (χ1v) is 4.17. The molecule has 1 saturated heterocycles. The molecule has 0 spiro atoms. The minimum absolute atomic E-state index is 0.268. The van der Waals surface area contributed by atoms with Gasteiger partial charge in [0.25, 0.3) is 0 Å². The van der Waals surface area contributed by atoms with Gasteiger partial charge in [0.15, 0.2) is 0 Å². The molecule has 2 N–H and O–H groups in total. The Kier molecular flexibility index (Phi) is 3.76. The maximum Gasteiger partial charge on any atom is 0.0830 e. The Hall–Kier alpha value is -0.190. The molecule has 0 saturated carbocycles. The molecule has 3 nitrogen and oxygen atoms in total. The van der Waals surface area contributed by atoms with Crippen molar-refractivity contribution >= 4 is 17.2 Å². The molecule has 0 aromatic heterocycles. The lowest BCUT2D eigenvalue weighted by Gasteiger charge is -2.08. The molecule has 4 heteroatoms. The van der Waals surface area contributed by atoms with Crippen molar-refractivity contribution in [1.29, 1.82) is 0 Å². The van der Waals surface area contributed by atoms with Gasteiger partial charge in [0.2, 0.25) is 0 Å². The number of nitrogens with two attached hydrogens (primary N) is 1. The van der Waals surface area contributed by atoms with Crippen molar-refractivity contribution in [2.75, 3.05) is 19.8 Å². The number of ether oxygens (including phenoxy) is 2. The van der Waals surface area contributed by atoms with Crippen LogP contribution < -0.4 is 5.73 Å². The molecular weight excluding hydrogens is 162 g/mol. The number of thiocarbonyl (C=S) groups is 1. The average molecular weight is 175 g/mol. The first-order chi connectivity index (χ1) is 5.29. The van der Waals surface area contributed by atoms with Gasteiger partial charge < -0.3 is 15.2 Å². The monoisotopic (exact) mass is 175 g/mol. The molecule has 0 aromatic rings. The Morgan fingerprint density at radius 2 is 2.55 bits per heavy atom. The van der Waals surface area contributed by atoms with Crippen molar-refractivity contribution < 1.29 is 9.47 Å². The Labute approximate surface area is 71.8 Å². The van der Waals surface area contributed by atoms with Gasteiger partial charge in [-0.05, 0) is 6.42 Å². The zero-order chi connectivity index (χ0) is 8.10. The van der Waals surface area contributed by atoms with Gasteiger partial charge in [-0.15, -0.1) is 0 Å². The molecule has 11 heavy (non-hydrogen) atoms. The van der Waals surface area contributed by atoms with E-state index >= 15 is 0 Å². The molecule has 1 fully saturated rings. The smallest absolute Gasteiger partial charge is 0.0830 e. The second kappa shape index (κ2) is 4.64. The lowest BCUT2D eigenvalue weighted by Crippen LogP contribution is -2.17. The van der Waals surface area contributed by atoms with Gasteiger partial charge >= 0.3 is 0 Å². The highest BCUT2D eigenvalue weighted by Gasteiger charge is 2.15. The summed E-state index contributed by atoms with van der Waals surface area (Å²) in [6.07, 6.45) is 1.94. The molecule has 64 valence electrons. The van der Waals surface area contributed by atoms with Gasteiger partial charge in [0.05, 0.1) is 24.3 Å². The Bertz CT molecular complexity index is 134. The maximum atomic E-state index is 5.42. The third kappa shape index (κ3) is 3.65. The summed E-state index contributed by atoms with van der Waals surface area (Å²) in [5.41, 5.74) is 5.30. The predicted molar refractivity (Wildman–Crippen MR) is 46.6 cm³/mol. The van der Waals surface area contributed by atoms with Crippen LogP contribution in [0.4, 0.5) is 0 Å². The zero-order valence-corrected chi connectivity index (χ0v) is 7.23. The van der Waals surface area contributed by atoms with Crippen LogP contribution in [0, 0.1) is 0 Å². The van der Waals surface area contributed by atoms with Crippen LogP contribution in [0.25, 0.3) is 0 Å². The van der Waals surface area contributed by atoms with Gasteiger partial charge in [-0.3, -0.25) is 0 Å². The van der Waals surface area contributed by atoms with Crippen LogP contribution in [0.1, 0.15) is 12.8 Å². The number of hydrogen-bond donors (Lipinski definition) is 1. The van der Waals surface area contributed by atoms with E-state index in [1.54, 1.807) is 0 Å². The average Bonchev–Trinajstić information content (AvgIpc) is 2.39. The minimum Gasteiger partial charge on any atom is -0.393 e. The van der Waals surface area contributed by atoms with Gasteiger partial charge in [0, 0.05) is 13.0 Å². The summed E-state index contributed by atoms with van der Waals surface area (Å²) in [5, 5.41) is 0. The van der Waals surface area contributed by atoms with E-state index < -0.39 is 0 Å². The Morgan fingerprint density at radius 3 is 3.09 bits per heavy atom. The summed E-state index contributed by atoms with van der Waals surface area (Å²) in [6.45, 7) is 2.17. The van der Waals surface area contributed by atoms with E-state index in [1.165, 1.54) is 0 Å². The lowest BCUT2D eigenvalue weighted by atomic mass is 10.3. The van der Waals surface area contributed by atoms with Gasteiger partial charge in [0.1, 0.15) is 0 Å². The summed E-state index contributed by atoms with van der Waals surface area (Å²) in [5.74, 6) is 0. The van der Waals surface area contributed by atoms with Crippen molar-refractivity contribution in [2.45, 2.75) is 18.9 Å². The largest absolute Gasteiger partial charge is 0.393 e. The normalized spacial score (nSPS) is 23.8. The summed E-state index contributed by atoms with van der Waals surface area (Å²) < 4.78 is 10.5. The van der Waals surface area contributed by atoms with Crippen molar-refractivity contribution in [3.05, 3.63) is 0 Å². The fraction of sp³-hybridized carbons (Fsp3) is 0.857. The van der Waals surface area contributed by atoms with Crippen LogP contribution in [0.5, 0.6) is 0 Å². The Morgan fingerprint density at radius 1 is 1.73 bits per heavy atom. The molecule has 1 aliphatic rings. The first-order valence-electron chi connectivity index (χ1n) is 3.76. The highest BCUT2D eigenvalue weighted by molar-refractivity contribution is 7.80. The molecule has 0 radical (unpaired) electrons. The van der Waals surface area contributed by atoms with E-state index in [-0.39, 0.29) is 6.10 Å². The predicted octanol–water partition coefficient (Wildman–Crippen LogP) is 0.468. The van der Waals surface area contributed by atoms with Crippen LogP contribution in [0.2, 0.25) is 0 Å². The van der Waals surface area contributed by atoms with Crippen molar-refractivity contribution in [2.24, 2.45) is 5.73 Å². The molecular formula is C7H13NO2S. The lowest BCUT2D eigenvalue weighted by molar-refractivity contribution is 0.0471. The highest BCUT2D eigenvalue weighted by Crippen LogP contribution is 2.07. The Balaban J connectivity index is 1.98. The van der Waals surface area contributed by atoms with E-state index in [2.05, 4.69) is 0 Å². The SMILES string of the molecule is NC(=S)CCOC1CCOC1. The summed E-state index contributed by atoms with van der Waals surface area (Å²) in [4.78, 5) is 0.518. The molecule has 0 aliphatic carbocycles. The van der Waals surface area contributed by atoms with Crippen LogP contribution in [-0.2, 0) is 9.47 Å². The van der Waals surface area contributed by atoms with Crippen molar-refractivity contribution in [3.63, 3.8) is 0 Å². The topological polar surface area (TPSA) is 44.5 Å². The number of rotatable bonds is 4. The molecule has 0 aromatic carbocycles. The number of hydrogen-bond acceptors (Lipinski definition) is 3. The fourth-order valence-corrected chi connectivity index (χ4v) is 1.05. The molecule has 1 rings (SSSR count). The maximum absolute atomic E-state index is 5.42. The third-order valence-corrected chi connectivity index (χ3v) is 1.79. The van der Waals surface area contributed by atoms with Crippen LogP contribution in [0.15, 0.2) is 0 Å². The molecule has 1 heterocycles. The van der Waals surface area contributed by atoms with Gasteiger partial charge in [-0.25, -0.2) is 0 Å². The van der Waals surface area contributed by atoms with Gasteiger partial charge in [-0.2, -0.15) is 0 Å². The summed E-state index contributed by atoms with van der Waals surface area (Å²) in [7, 11) is 0. The van der Waals surface area contributed by atoms with E-state index in [0.29, 0.717) is 18.0 Å². The van der Waals surface area contributed by atoms with E-state index in [1.807, 2.05) is 0 Å². The molecule has 1 atom stereocenters. The van der Waals surface area contributed by atoms with Crippen LogP contribution in [0.3, 0.4) is 0 Å². The van der Waals surface area contributed by atoms with Crippen molar-refractivity contribution in [3.8, 4) is 0 Å². The summed E-state index contributed by atoms with van der Waals surface area (Å²) >= 11 is 4.70. The minimum atomic E-state index is 0.268. The van der Waals surface area contributed by atoms with E-state index in [9.17, 15) is 0 Å². The quantitative estimate of drug-likeness (QED) is 0.631. The third-order valence-electron chi connectivity index (χ3n) is 1.59. The summed E-state index contributed by atoms with van der Waals surface area (Å²) in [6, 6.07) is 0. The second-order valence-electron chi connectivity index (χ2n) is 2.57. The zero-order valence-electron chi connectivity index (χ0n) is 6.41. The van der Waals surface area contributed by atoms with Crippen molar-refractivity contribution in [1.82, 2.24) is 0 Å². The molecule has 1 unspecified atom stereocenters. The highest BCUT2D eigenvalue weighted by atomic mass is 32.1. The fourth-order valence-electron chi connectivity index (χ4n) is 0.971. The molecule has 0 bridgehead atoms. The molecule has 0 amide bonds. The molecule has 1 aliphatic heterocycles. The van der Waals surface area contributed by atoms with Crippen LogP contribution >= 0.6 is 12.2 Å². The first kappa shape index (κ1) is 8.90. The van der Waals surface area contributed by atoms with E-state index in [4.69, 9.17) is 27.4 Å². The van der Waals surface area contributed by atoms with Gasteiger partial charge in [-0.1, -0.05) is 12.2 Å².